The van der Waals surface area contributed by atoms with Gasteiger partial charge in [0.1, 0.15) is 12.1 Å². The molecule has 3 rings (SSSR count). The minimum atomic E-state index is -4.13. The number of carbonyl (C=O) groups is 2. The highest BCUT2D eigenvalue weighted by atomic mass is 32.2. The highest BCUT2D eigenvalue weighted by Gasteiger charge is 2.45. The molecule has 1 saturated heterocycles. The summed E-state index contributed by atoms with van der Waals surface area (Å²) in [5.41, 5.74) is 0.235. The van der Waals surface area contributed by atoms with Crippen LogP contribution in [0, 0.1) is 5.82 Å². The predicted octanol–water partition coefficient (Wildman–Crippen LogP) is 2.41. The topological polar surface area (TPSA) is 90.0 Å². The maximum Gasteiger partial charge on any atom is 0.324 e. The first-order valence-electron chi connectivity index (χ1n) is 8.86. The monoisotopic (exact) mass is 421 g/mol. The summed E-state index contributed by atoms with van der Waals surface area (Å²) in [6, 6.07) is 10.2. The number of sulfonamides is 1. The van der Waals surface area contributed by atoms with E-state index in [0.29, 0.717) is 0 Å². The van der Waals surface area contributed by atoms with Crippen molar-refractivity contribution in [3.8, 4) is 5.75 Å². The number of para-hydroxylation sites is 1. The maximum atomic E-state index is 13.9. The van der Waals surface area contributed by atoms with Gasteiger partial charge in [0.15, 0.2) is 17.3 Å². The summed E-state index contributed by atoms with van der Waals surface area (Å²) in [5.74, 6) is -1.64. The van der Waals surface area contributed by atoms with Gasteiger partial charge in [-0.3, -0.25) is 9.59 Å². The molecule has 7 nitrogen and oxygen atoms in total. The highest BCUT2D eigenvalue weighted by molar-refractivity contribution is 7.89. The Hall–Kier alpha value is -2.78. The zero-order chi connectivity index (χ0) is 21.2. The van der Waals surface area contributed by atoms with Crippen LogP contribution < -0.4 is 4.74 Å². The summed E-state index contributed by atoms with van der Waals surface area (Å²) in [4.78, 5) is 23.7. The molecule has 29 heavy (non-hydrogen) atoms. The van der Waals surface area contributed by atoms with Crippen LogP contribution in [0.3, 0.4) is 0 Å². The normalized spacial score (nSPS) is 19.7. The molecular formula is C20H20FNO6S. The van der Waals surface area contributed by atoms with Crippen molar-refractivity contribution < 1.29 is 31.9 Å². The third-order valence-corrected chi connectivity index (χ3v) is 6.54. The number of ether oxygens (including phenoxy) is 2. The minimum Gasteiger partial charge on any atom is -0.486 e. The number of benzene rings is 2. The van der Waals surface area contributed by atoms with Gasteiger partial charge in [-0.2, -0.15) is 4.31 Å². The van der Waals surface area contributed by atoms with Crippen LogP contribution in [-0.4, -0.2) is 50.3 Å². The summed E-state index contributed by atoms with van der Waals surface area (Å²) in [5, 5.41) is 0. The number of hydrogen-bond acceptors (Lipinski definition) is 6. The van der Waals surface area contributed by atoms with Gasteiger partial charge in [0.2, 0.25) is 10.0 Å². The fraction of sp³-hybridized carbons (Fsp3) is 0.300. The largest absolute Gasteiger partial charge is 0.486 e. The number of nitrogens with zero attached hydrogens (tertiary/aromatic N) is 1. The first-order chi connectivity index (χ1) is 13.7. The molecule has 9 heteroatoms. The first kappa shape index (κ1) is 20.9. The van der Waals surface area contributed by atoms with Crippen LogP contribution in [0.4, 0.5) is 4.39 Å². The van der Waals surface area contributed by atoms with Gasteiger partial charge in [-0.15, -0.1) is 0 Å². The average molecular weight is 421 g/mol. The second kappa shape index (κ2) is 8.30. The van der Waals surface area contributed by atoms with Crippen LogP contribution >= 0.6 is 0 Å². The zero-order valence-corrected chi connectivity index (χ0v) is 16.7. The maximum absolute atomic E-state index is 13.9. The molecule has 0 amide bonds. The third kappa shape index (κ3) is 4.30. The van der Waals surface area contributed by atoms with E-state index in [2.05, 4.69) is 0 Å². The summed E-state index contributed by atoms with van der Waals surface area (Å²) < 4.78 is 51.6. The lowest BCUT2D eigenvalue weighted by Crippen LogP contribution is -2.41. The Morgan fingerprint density at radius 2 is 1.86 bits per heavy atom. The average Bonchev–Trinajstić information content (AvgIpc) is 3.14. The Kier molecular flexibility index (Phi) is 5.99. The number of halogens is 1. The third-order valence-electron chi connectivity index (χ3n) is 4.67. The summed E-state index contributed by atoms with van der Waals surface area (Å²) >= 11 is 0. The van der Waals surface area contributed by atoms with E-state index >= 15 is 0 Å². The van der Waals surface area contributed by atoms with E-state index in [9.17, 15) is 22.4 Å². The van der Waals surface area contributed by atoms with Crippen LogP contribution in [0.5, 0.6) is 5.75 Å². The van der Waals surface area contributed by atoms with Gasteiger partial charge >= 0.3 is 5.97 Å². The van der Waals surface area contributed by atoms with Gasteiger partial charge in [-0.1, -0.05) is 24.3 Å². The molecule has 0 spiro atoms. The van der Waals surface area contributed by atoms with Crippen molar-refractivity contribution in [2.75, 3.05) is 13.7 Å². The van der Waals surface area contributed by atoms with Crippen LogP contribution in [0.1, 0.15) is 23.7 Å². The Bertz CT molecular complexity index is 1040. The number of ketones is 1. The van der Waals surface area contributed by atoms with Crippen LogP contribution in [-0.2, 0) is 19.6 Å². The lowest BCUT2D eigenvalue weighted by Gasteiger charge is -2.22. The van der Waals surface area contributed by atoms with E-state index in [0.717, 1.165) is 11.4 Å². The number of esters is 1. The van der Waals surface area contributed by atoms with Crippen molar-refractivity contribution >= 4 is 21.8 Å². The molecule has 0 aromatic heterocycles. The van der Waals surface area contributed by atoms with E-state index < -0.39 is 34.0 Å². The molecular weight excluding hydrogens is 401 g/mol. The molecule has 2 aromatic carbocycles. The van der Waals surface area contributed by atoms with Crippen molar-refractivity contribution in [3.05, 3.63) is 59.9 Å². The van der Waals surface area contributed by atoms with Crippen molar-refractivity contribution in [3.63, 3.8) is 0 Å². The van der Waals surface area contributed by atoms with Gasteiger partial charge in [-0.05, 0) is 31.2 Å². The van der Waals surface area contributed by atoms with Crippen molar-refractivity contribution in [1.82, 2.24) is 4.31 Å². The quantitative estimate of drug-likeness (QED) is 0.526. The van der Waals surface area contributed by atoms with Gasteiger partial charge in [0.25, 0.3) is 0 Å². The van der Waals surface area contributed by atoms with E-state index in [4.69, 9.17) is 9.47 Å². The molecule has 1 heterocycles. The second-order valence-electron chi connectivity index (χ2n) is 6.60. The second-order valence-corrected chi connectivity index (χ2v) is 8.49. The molecule has 0 bridgehead atoms. The van der Waals surface area contributed by atoms with E-state index in [-0.39, 0.29) is 35.0 Å². The molecule has 2 unspecified atom stereocenters. The van der Waals surface area contributed by atoms with Gasteiger partial charge in [0, 0.05) is 12.0 Å². The predicted molar refractivity (Wildman–Crippen MR) is 102 cm³/mol. The molecule has 2 aromatic rings. The Morgan fingerprint density at radius 1 is 1.14 bits per heavy atom. The standard InChI is InChI=1S/C20H20FNO6S/c1-13(23)14-6-5-7-16(10-14)29(25,26)22-12-15(11-18(22)20(24)27-2)28-19-9-4-3-8-17(19)21/h3-10,15,18H,11-12H2,1-2H3. The Labute approximate surface area is 168 Å². The number of rotatable bonds is 6. The van der Waals surface area contributed by atoms with Crippen molar-refractivity contribution in [2.24, 2.45) is 0 Å². The SMILES string of the molecule is COC(=O)C1CC(Oc2ccccc2F)CN1S(=O)(=O)c1cccc(C(C)=O)c1. The van der Waals surface area contributed by atoms with E-state index in [1.807, 2.05) is 0 Å². The van der Waals surface area contributed by atoms with Gasteiger partial charge in [0.05, 0.1) is 18.6 Å². The molecule has 2 atom stereocenters. The van der Waals surface area contributed by atoms with Crippen LogP contribution in [0.2, 0.25) is 0 Å². The molecule has 0 N–H and O–H groups in total. The summed E-state index contributed by atoms with van der Waals surface area (Å²) in [6.07, 6.45) is -0.742. The molecule has 1 fully saturated rings. The fourth-order valence-corrected chi connectivity index (χ4v) is 4.87. The number of hydrogen-bond donors (Lipinski definition) is 0. The van der Waals surface area contributed by atoms with Gasteiger partial charge < -0.3 is 9.47 Å². The zero-order valence-electron chi connectivity index (χ0n) is 15.9. The number of Topliss-reactive ketones (excluding diaryl/α,β-unsaturated/α-hetero) is 1. The molecule has 154 valence electrons. The molecule has 1 aliphatic heterocycles. The molecule has 0 aliphatic carbocycles. The minimum absolute atomic E-state index is 0.00658. The molecule has 0 saturated carbocycles. The van der Waals surface area contributed by atoms with Crippen LogP contribution in [0.25, 0.3) is 0 Å². The summed E-state index contributed by atoms with van der Waals surface area (Å²) in [7, 11) is -2.97. The van der Waals surface area contributed by atoms with Crippen LogP contribution in [0.15, 0.2) is 53.4 Å². The lowest BCUT2D eigenvalue weighted by atomic mass is 10.2. The molecule has 0 radical (unpaired) electrons. The summed E-state index contributed by atoms with van der Waals surface area (Å²) in [6.45, 7) is 1.16. The van der Waals surface area contributed by atoms with Crippen molar-refractivity contribution in [1.29, 1.82) is 0 Å². The van der Waals surface area contributed by atoms with Crippen molar-refractivity contribution in [2.45, 2.75) is 30.4 Å². The fourth-order valence-electron chi connectivity index (χ4n) is 3.20. The smallest absolute Gasteiger partial charge is 0.324 e. The van der Waals surface area contributed by atoms with E-state index in [1.54, 1.807) is 6.07 Å². The Morgan fingerprint density at radius 3 is 2.52 bits per heavy atom. The Balaban J connectivity index is 1.92. The lowest BCUT2D eigenvalue weighted by molar-refractivity contribution is -0.144. The number of carbonyl (C=O) groups excluding carboxylic acids is 2. The number of methoxy groups -OCH3 is 1. The molecule has 1 aliphatic rings. The highest BCUT2D eigenvalue weighted by Crippen LogP contribution is 2.30. The van der Waals surface area contributed by atoms with E-state index in [1.165, 1.54) is 49.4 Å². The van der Waals surface area contributed by atoms with Gasteiger partial charge in [-0.25, -0.2) is 12.8 Å². The first-order valence-corrected chi connectivity index (χ1v) is 10.3.